The van der Waals surface area contributed by atoms with Crippen LogP contribution in [0.25, 0.3) is 11.0 Å². The zero-order valence-corrected chi connectivity index (χ0v) is 14.9. The van der Waals surface area contributed by atoms with Crippen LogP contribution in [0.5, 0.6) is 0 Å². The summed E-state index contributed by atoms with van der Waals surface area (Å²) in [6.45, 7) is 2.13. The fourth-order valence-corrected chi connectivity index (χ4v) is 4.40. The smallest absolute Gasteiger partial charge is 0.305 e. The molecule has 0 amide bonds. The standard InChI is InChI=1S/C18H18FN3O3S/c1-18(8-9-18)21-26(24,25)14-6-7-16-15(10-14)20-17(23)22(16)11-12-2-4-13(19)5-3-12/h2-7,10,21H,8-9,11H2,1H3,(H,20,23). The maximum atomic E-state index is 13.0. The number of benzene rings is 2. The molecule has 0 atom stereocenters. The van der Waals surface area contributed by atoms with E-state index in [1.165, 1.54) is 28.8 Å². The third kappa shape index (κ3) is 3.17. The molecule has 0 aliphatic heterocycles. The molecular weight excluding hydrogens is 357 g/mol. The van der Waals surface area contributed by atoms with Crippen molar-refractivity contribution in [1.82, 2.24) is 14.3 Å². The first kappa shape index (κ1) is 17.0. The van der Waals surface area contributed by atoms with Gasteiger partial charge in [-0.2, -0.15) is 0 Å². The lowest BCUT2D eigenvalue weighted by molar-refractivity contribution is 0.558. The number of hydrogen-bond donors (Lipinski definition) is 2. The van der Waals surface area contributed by atoms with Crippen LogP contribution in [0.4, 0.5) is 4.39 Å². The van der Waals surface area contributed by atoms with E-state index in [2.05, 4.69) is 9.71 Å². The van der Waals surface area contributed by atoms with E-state index >= 15 is 0 Å². The van der Waals surface area contributed by atoms with Crippen LogP contribution < -0.4 is 10.4 Å². The Labute approximate surface area is 149 Å². The molecule has 0 unspecified atom stereocenters. The van der Waals surface area contributed by atoms with Crippen LogP contribution in [0.2, 0.25) is 0 Å². The molecule has 1 fully saturated rings. The minimum absolute atomic E-state index is 0.119. The Morgan fingerprint density at radius 2 is 1.88 bits per heavy atom. The van der Waals surface area contributed by atoms with Crippen molar-refractivity contribution in [3.63, 3.8) is 0 Å². The van der Waals surface area contributed by atoms with E-state index in [1.807, 2.05) is 6.92 Å². The molecule has 2 N–H and O–H groups in total. The van der Waals surface area contributed by atoms with E-state index in [9.17, 15) is 17.6 Å². The van der Waals surface area contributed by atoms with Crippen LogP contribution in [0.3, 0.4) is 0 Å². The third-order valence-corrected chi connectivity index (χ3v) is 6.33. The van der Waals surface area contributed by atoms with Gasteiger partial charge in [-0.15, -0.1) is 0 Å². The number of rotatable bonds is 5. The van der Waals surface area contributed by atoms with Crippen molar-refractivity contribution in [1.29, 1.82) is 0 Å². The fraction of sp³-hybridized carbons (Fsp3) is 0.278. The van der Waals surface area contributed by atoms with E-state index in [4.69, 9.17) is 0 Å². The largest absolute Gasteiger partial charge is 0.326 e. The number of H-pyrrole nitrogens is 1. The molecule has 1 heterocycles. The highest BCUT2D eigenvalue weighted by Crippen LogP contribution is 2.36. The van der Waals surface area contributed by atoms with E-state index in [1.54, 1.807) is 18.2 Å². The molecule has 26 heavy (non-hydrogen) atoms. The molecule has 8 heteroatoms. The number of halogens is 1. The van der Waals surface area contributed by atoms with Crippen molar-refractivity contribution in [3.05, 3.63) is 64.3 Å². The Hall–Kier alpha value is -2.45. The van der Waals surface area contributed by atoms with Gasteiger partial charge in [0.1, 0.15) is 5.82 Å². The fourth-order valence-electron chi connectivity index (χ4n) is 2.91. The molecule has 136 valence electrons. The maximum Gasteiger partial charge on any atom is 0.326 e. The molecule has 3 aromatic rings. The topological polar surface area (TPSA) is 84.0 Å². The van der Waals surface area contributed by atoms with Gasteiger partial charge in [-0.3, -0.25) is 4.57 Å². The molecule has 1 aliphatic rings. The summed E-state index contributed by atoms with van der Waals surface area (Å²) in [5, 5.41) is 0. The first-order valence-electron chi connectivity index (χ1n) is 8.27. The summed E-state index contributed by atoms with van der Waals surface area (Å²) in [7, 11) is -3.64. The van der Waals surface area contributed by atoms with Crippen molar-refractivity contribution < 1.29 is 12.8 Å². The van der Waals surface area contributed by atoms with Crippen LogP contribution in [-0.2, 0) is 16.6 Å². The third-order valence-electron chi connectivity index (χ3n) is 4.69. The number of sulfonamides is 1. The number of fused-ring (bicyclic) bond motifs is 1. The molecule has 6 nitrogen and oxygen atoms in total. The van der Waals surface area contributed by atoms with Crippen LogP contribution >= 0.6 is 0 Å². The van der Waals surface area contributed by atoms with Crippen LogP contribution in [0.1, 0.15) is 25.3 Å². The highest BCUT2D eigenvalue weighted by atomic mass is 32.2. The van der Waals surface area contributed by atoms with E-state index in [0.717, 1.165) is 18.4 Å². The number of imidazole rings is 1. The summed E-state index contributed by atoms with van der Waals surface area (Å²) < 4.78 is 42.2. The predicted octanol–water partition coefficient (Wildman–Crippen LogP) is 2.35. The minimum Gasteiger partial charge on any atom is -0.305 e. The van der Waals surface area contributed by atoms with Crippen molar-refractivity contribution in [2.45, 2.75) is 36.7 Å². The number of nitrogens with zero attached hydrogens (tertiary/aromatic N) is 1. The van der Waals surface area contributed by atoms with Gasteiger partial charge in [-0.25, -0.2) is 22.3 Å². The average molecular weight is 375 g/mol. The van der Waals surface area contributed by atoms with Gasteiger partial charge in [0.15, 0.2) is 0 Å². The van der Waals surface area contributed by atoms with Gasteiger partial charge in [0.05, 0.1) is 22.5 Å². The molecular formula is C18H18FN3O3S. The van der Waals surface area contributed by atoms with Crippen LogP contribution in [-0.4, -0.2) is 23.5 Å². The Balaban J connectivity index is 1.70. The second kappa shape index (κ2) is 5.78. The van der Waals surface area contributed by atoms with Crippen molar-refractivity contribution in [2.75, 3.05) is 0 Å². The average Bonchev–Trinajstić information content (AvgIpc) is 3.21. The molecule has 0 bridgehead atoms. The minimum atomic E-state index is -3.64. The summed E-state index contributed by atoms with van der Waals surface area (Å²) in [6.07, 6.45) is 1.64. The highest BCUT2D eigenvalue weighted by Gasteiger charge is 2.41. The monoisotopic (exact) mass is 375 g/mol. The highest BCUT2D eigenvalue weighted by molar-refractivity contribution is 7.89. The number of aromatic nitrogens is 2. The van der Waals surface area contributed by atoms with Gasteiger partial charge in [0.2, 0.25) is 10.0 Å². The van der Waals surface area contributed by atoms with Crippen molar-refractivity contribution >= 4 is 21.1 Å². The lowest BCUT2D eigenvalue weighted by Gasteiger charge is -2.12. The molecule has 2 aromatic carbocycles. The molecule has 1 aromatic heterocycles. The Kier molecular flexibility index (Phi) is 3.78. The van der Waals surface area contributed by atoms with Gasteiger partial charge < -0.3 is 4.98 Å². The molecule has 0 spiro atoms. The molecule has 0 saturated heterocycles. The Morgan fingerprint density at radius 1 is 1.19 bits per heavy atom. The van der Waals surface area contributed by atoms with Crippen molar-refractivity contribution in [3.8, 4) is 0 Å². The molecule has 4 rings (SSSR count). The zero-order chi connectivity index (χ0) is 18.5. The van der Waals surface area contributed by atoms with Gasteiger partial charge in [-0.05, 0) is 55.7 Å². The van der Waals surface area contributed by atoms with Crippen LogP contribution in [0.15, 0.2) is 52.2 Å². The molecule has 0 radical (unpaired) electrons. The lowest BCUT2D eigenvalue weighted by atomic mass is 10.2. The summed E-state index contributed by atoms with van der Waals surface area (Å²) in [4.78, 5) is 15.1. The van der Waals surface area contributed by atoms with E-state index in [0.29, 0.717) is 11.0 Å². The van der Waals surface area contributed by atoms with Gasteiger partial charge in [0.25, 0.3) is 0 Å². The first-order chi connectivity index (χ1) is 12.3. The SMILES string of the molecule is CC1(NS(=O)(=O)c2ccc3c(c2)[nH]c(=O)n3Cc2ccc(F)cc2)CC1. The molecule has 1 aliphatic carbocycles. The van der Waals surface area contributed by atoms with Crippen LogP contribution in [0, 0.1) is 5.82 Å². The normalized spacial score (nSPS) is 16.1. The van der Waals surface area contributed by atoms with Crippen molar-refractivity contribution in [2.24, 2.45) is 0 Å². The summed E-state index contributed by atoms with van der Waals surface area (Å²) in [6, 6.07) is 10.5. The van der Waals surface area contributed by atoms with E-state index < -0.39 is 10.0 Å². The number of nitrogens with one attached hydrogen (secondary N) is 2. The number of hydrogen-bond acceptors (Lipinski definition) is 3. The predicted molar refractivity (Wildman–Crippen MR) is 96.0 cm³/mol. The zero-order valence-electron chi connectivity index (χ0n) is 14.1. The summed E-state index contributed by atoms with van der Waals surface area (Å²) in [5.74, 6) is -0.341. The van der Waals surface area contributed by atoms with Gasteiger partial charge in [0, 0.05) is 5.54 Å². The van der Waals surface area contributed by atoms with E-state index in [-0.39, 0.29) is 28.5 Å². The Bertz CT molecular complexity index is 1140. The van der Waals surface area contributed by atoms with Gasteiger partial charge >= 0.3 is 5.69 Å². The second-order valence-electron chi connectivity index (χ2n) is 6.99. The van der Waals surface area contributed by atoms with Gasteiger partial charge in [-0.1, -0.05) is 12.1 Å². The summed E-state index contributed by atoms with van der Waals surface area (Å²) in [5.41, 5.74) is 1.10. The second-order valence-corrected chi connectivity index (χ2v) is 8.67. The quantitative estimate of drug-likeness (QED) is 0.718. The number of aromatic amines is 1. The Morgan fingerprint density at radius 3 is 2.54 bits per heavy atom. The maximum absolute atomic E-state index is 13.0. The first-order valence-corrected chi connectivity index (χ1v) is 9.75. The molecule has 1 saturated carbocycles. The summed E-state index contributed by atoms with van der Waals surface area (Å²) >= 11 is 0. The lowest BCUT2D eigenvalue weighted by Crippen LogP contribution is -2.34.